The van der Waals surface area contributed by atoms with Crippen LogP contribution in [0.15, 0.2) is 53.1 Å². The Morgan fingerprint density at radius 1 is 1.14 bits per heavy atom. The number of carbonyl (C=O) groups is 1. The Morgan fingerprint density at radius 3 is 2.59 bits per heavy atom. The highest BCUT2D eigenvalue weighted by Crippen LogP contribution is 2.23. The van der Waals surface area contributed by atoms with Gasteiger partial charge in [-0.2, -0.15) is 4.98 Å². The van der Waals surface area contributed by atoms with Crippen molar-refractivity contribution in [2.45, 2.75) is 13.3 Å². The largest absolute Gasteiger partial charge is 0.478 e. The SMILES string of the molecule is CCc1ccc(-c2nc(-c3cccc(C(=O)O)c3)no2)cc1. The standard InChI is InChI=1S/C17H14N2O3/c1-2-11-6-8-12(9-7-11)16-18-15(19-22-16)13-4-3-5-14(10-13)17(20)21/h3-10H,2H2,1H3,(H,20,21). The first-order chi connectivity index (χ1) is 10.7. The molecule has 1 heterocycles. The number of aromatic carboxylic acids is 1. The maximum absolute atomic E-state index is 11.0. The molecule has 0 bridgehead atoms. The minimum Gasteiger partial charge on any atom is -0.478 e. The molecule has 0 amide bonds. The van der Waals surface area contributed by atoms with Crippen LogP contribution in [0.25, 0.3) is 22.8 Å². The maximum atomic E-state index is 11.0. The van der Waals surface area contributed by atoms with Crippen LogP contribution in [0.1, 0.15) is 22.8 Å². The monoisotopic (exact) mass is 294 g/mol. The number of hydrogen-bond donors (Lipinski definition) is 1. The number of carboxylic acid groups (broad SMARTS) is 1. The molecule has 0 spiro atoms. The summed E-state index contributed by atoms with van der Waals surface area (Å²) in [5.74, 6) is -0.197. The predicted octanol–water partition coefficient (Wildman–Crippen LogP) is 3.66. The van der Waals surface area contributed by atoms with Gasteiger partial charge in [0.2, 0.25) is 5.82 Å². The molecule has 0 unspecified atom stereocenters. The van der Waals surface area contributed by atoms with Gasteiger partial charge in [0.1, 0.15) is 0 Å². The van der Waals surface area contributed by atoms with Crippen molar-refractivity contribution in [2.24, 2.45) is 0 Å². The second-order valence-corrected chi connectivity index (χ2v) is 4.86. The lowest BCUT2D eigenvalue weighted by Crippen LogP contribution is -1.96. The van der Waals surface area contributed by atoms with Crippen molar-refractivity contribution in [3.05, 3.63) is 59.7 Å². The van der Waals surface area contributed by atoms with Crippen molar-refractivity contribution in [1.82, 2.24) is 10.1 Å². The molecule has 0 aliphatic heterocycles. The number of carboxylic acids is 1. The maximum Gasteiger partial charge on any atom is 0.335 e. The van der Waals surface area contributed by atoms with Crippen LogP contribution < -0.4 is 0 Å². The highest BCUT2D eigenvalue weighted by atomic mass is 16.5. The minimum absolute atomic E-state index is 0.191. The van der Waals surface area contributed by atoms with Crippen LogP contribution in [0.4, 0.5) is 0 Å². The zero-order valence-corrected chi connectivity index (χ0v) is 12.0. The van der Waals surface area contributed by atoms with Gasteiger partial charge in [0.05, 0.1) is 5.56 Å². The molecular weight excluding hydrogens is 280 g/mol. The van der Waals surface area contributed by atoms with Crippen LogP contribution in [0, 0.1) is 0 Å². The van der Waals surface area contributed by atoms with Crippen LogP contribution in [0.2, 0.25) is 0 Å². The Bertz CT molecular complexity index is 807. The third-order valence-corrected chi connectivity index (χ3v) is 3.40. The van der Waals surface area contributed by atoms with Gasteiger partial charge in [0, 0.05) is 11.1 Å². The van der Waals surface area contributed by atoms with Crippen molar-refractivity contribution in [3.63, 3.8) is 0 Å². The summed E-state index contributed by atoms with van der Waals surface area (Å²) >= 11 is 0. The molecule has 1 aromatic heterocycles. The fourth-order valence-corrected chi connectivity index (χ4v) is 2.13. The number of rotatable bonds is 4. The van der Waals surface area contributed by atoms with E-state index in [-0.39, 0.29) is 5.56 Å². The molecule has 0 saturated heterocycles. The van der Waals surface area contributed by atoms with Gasteiger partial charge in [-0.05, 0) is 36.2 Å². The second kappa shape index (κ2) is 5.81. The van der Waals surface area contributed by atoms with Gasteiger partial charge in [0.25, 0.3) is 5.89 Å². The van der Waals surface area contributed by atoms with Crippen LogP contribution in [0.5, 0.6) is 0 Å². The van der Waals surface area contributed by atoms with E-state index < -0.39 is 5.97 Å². The number of aryl methyl sites for hydroxylation is 1. The van der Waals surface area contributed by atoms with Crippen LogP contribution in [-0.4, -0.2) is 21.2 Å². The molecule has 0 aliphatic rings. The molecule has 5 nitrogen and oxygen atoms in total. The number of nitrogens with zero attached hydrogens (tertiary/aromatic N) is 2. The fraction of sp³-hybridized carbons (Fsp3) is 0.118. The Hall–Kier alpha value is -2.95. The first-order valence-corrected chi connectivity index (χ1v) is 6.94. The van der Waals surface area contributed by atoms with E-state index in [9.17, 15) is 4.79 Å². The molecule has 2 aromatic carbocycles. The van der Waals surface area contributed by atoms with Crippen LogP contribution >= 0.6 is 0 Å². The van der Waals surface area contributed by atoms with E-state index in [4.69, 9.17) is 9.63 Å². The lowest BCUT2D eigenvalue weighted by molar-refractivity contribution is 0.0697. The van der Waals surface area contributed by atoms with Crippen molar-refractivity contribution in [3.8, 4) is 22.8 Å². The average molecular weight is 294 g/mol. The van der Waals surface area contributed by atoms with E-state index in [2.05, 4.69) is 17.1 Å². The van der Waals surface area contributed by atoms with Gasteiger partial charge in [-0.3, -0.25) is 0 Å². The van der Waals surface area contributed by atoms with Crippen LogP contribution in [-0.2, 0) is 6.42 Å². The number of aromatic nitrogens is 2. The van der Waals surface area contributed by atoms with E-state index in [1.807, 2.05) is 24.3 Å². The third-order valence-electron chi connectivity index (χ3n) is 3.40. The van der Waals surface area contributed by atoms with Gasteiger partial charge >= 0.3 is 5.97 Å². The van der Waals surface area contributed by atoms with E-state index >= 15 is 0 Å². The number of hydrogen-bond acceptors (Lipinski definition) is 4. The summed E-state index contributed by atoms with van der Waals surface area (Å²) in [6.45, 7) is 2.09. The van der Waals surface area contributed by atoms with Gasteiger partial charge in [-0.1, -0.05) is 36.3 Å². The Morgan fingerprint density at radius 2 is 1.91 bits per heavy atom. The summed E-state index contributed by atoms with van der Waals surface area (Å²) in [5.41, 5.74) is 2.87. The molecule has 0 aliphatic carbocycles. The van der Waals surface area contributed by atoms with Crippen molar-refractivity contribution >= 4 is 5.97 Å². The molecule has 110 valence electrons. The molecule has 0 atom stereocenters. The van der Waals surface area contributed by atoms with Crippen molar-refractivity contribution in [1.29, 1.82) is 0 Å². The van der Waals surface area contributed by atoms with E-state index in [1.54, 1.807) is 12.1 Å². The molecule has 1 N–H and O–H groups in total. The van der Waals surface area contributed by atoms with Crippen LogP contribution in [0.3, 0.4) is 0 Å². The molecule has 0 fully saturated rings. The Kier molecular flexibility index (Phi) is 3.70. The zero-order valence-electron chi connectivity index (χ0n) is 12.0. The van der Waals surface area contributed by atoms with E-state index in [1.165, 1.54) is 17.7 Å². The third kappa shape index (κ3) is 2.74. The zero-order chi connectivity index (χ0) is 15.5. The first-order valence-electron chi connectivity index (χ1n) is 6.94. The summed E-state index contributed by atoms with van der Waals surface area (Å²) in [4.78, 5) is 15.3. The van der Waals surface area contributed by atoms with E-state index in [0.29, 0.717) is 17.3 Å². The molecule has 22 heavy (non-hydrogen) atoms. The first kappa shape index (κ1) is 14.0. The second-order valence-electron chi connectivity index (χ2n) is 4.86. The van der Waals surface area contributed by atoms with Gasteiger partial charge in [-0.25, -0.2) is 4.79 Å². The molecule has 3 aromatic rings. The Balaban J connectivity index is 1.93. The molecule has 3 rings (SSSR count). The Labute approximate surface area is 127 Å². The summed E-state index contributed by atoms with van der Waals surface area (Å²) < 4.78 is 5.27. The number of benzene rings is 2. The smallest absolute Gasteiger partial charge is 0.335 e. The van der Waals surface area contributed by atoms with E-state index in [0.717, 1.165) is 12.0 Å². The molecular formula is C17H14N2O3. The van der Waals surface area contributed by atoms with Gasteiger partial charge < -0.3 is 9.63 Å². The van der Waals surface area contributed by atoms with Gasteiger partial charge in [-0.15, -0.1) is 0 Å². The predicted molar refractivity (Wildman–Crippen MR) is 81.5 cm³/mol. The summed E-state index contributed by atoms with van der Waals surface area (Å²) in [6.07, 6.45) is 0.970. The lowest BCUT2D eigenvalue weighted by atomic mass is 10.1. The lowest BCUT2D eigenvalue weighted by Gasteiger charge is -1.98. The molecule has 0 radical (unpaired) electrons. The van der Waals surface area contributed by atoms with Crippen molar-refractivity contribution in [2.75, 3.05) is 0 Å². The van der Waals surface area contributed by atoms with Gasteiger partial charge in [0.15, 0.2) is 0 Å². The molecule has 0 saturated carbocycles. The molecule has 5 heteroatoms. The minimum atomic E-state index is -0.985. The normalized spacial score (nSPS) is 10.6. The highest BCUT2D eigenvalue weighted by molar-refractivity contribution is 5.89. The fourth-order valence-electron chi connectivity index (χ4n) is 2.13. The summed E-state index contributed by atoms with van der Waals surface area (Å²) in [5, 5.41) is 13.0. The highest BCUT2D eigenvalue weighted by Gasteiger charge is 2.12. The van der Waals surface area contributed by atoms with Crippen molar-refractivity contribution < 1.29 is 14.4 Å². The summed E-state index contributed by atoms with van der Waals surface area (Å²) in [7, 11) is 0. The topological polar surface area (TPSA) is 76.2 Å². The quantitative estimate of drug-likeness (QED) is 0.794. The average Bonchev–Trinajstić information content (AvgIpc) is 3.05. The summed E-state index contributed by atoms with van der Waals surface area (Å²) in [6, 6.07) is 14.4.